The summed E-state index contributed by atoms with van der Waals surface area (Å²) in [7, 11) is -4.26. The third-order valence-corrected chi connectivity index (χ3v) is 17.5. The van der Waals surface area contributed by atoms with Gasteiger partial charge in [-0.15, -0.1) is 11.8 Å². The minimum Gasteiger partial charge on any atom is -0.465 e. The Balaban J connectivity index is 1.19. The number of cyclic esters (lactones) is 1. The van der Waals surface area contributed by atoms with Gasteiger partial charge in [0.1, 0.15) is 6.61 Å². The number of hydrogen-bond donors (Lipinski definition) is 0. The lowest BCUT2D eigenvalue weighted by Gasteiger charge is -2.68. The summed E-state index contributed by atoms with van der Waals surface area (Å²) in [6.07, 6.45) is 10.9. The molecule has 10 nitrogen and oxygen atoms in total. The highest BCUT2D eigenvalue weighted by molar-refractivity contribution is 8.01. The molecule has 4 heterocycles. The van der Waals surface area contributed by atoms with Crippen LogP contribution in [0.3, 0.4) is 0 Å². The topological polar surface area (TPSA) is 111 Å². The molecule has 0 radical (unpaired) electrons. The van der Waals surface area contributed by atoms with Gasteiger partial charge < -0.3 is 32.5 Å². The molecule has 4 saturated carbocycles. The molecule has 4 aliphatic heterocycles. The minimum absolute atomic E-state index is 0.0487. The molecule has 4 aliphatic carbocycles. The van der Waals surface area contributed by atoms with Crippen LogP contribution < -0.4 is 0 Å². The molecule has 0 aromatic carbocycles. The van der Waals surface area contributed by atoms with Gasteiger partial charge in [-0.2, -0.15) is 0 Å². The summed E-state index contributed by atoms with van der Waals surface area (Å²) in [4.78, 5) is 29.5. The Bertz CT molecular complexity index is 1530. The van der Waals surface area contributed by atoms with Crippen LogP contribution in [0.25, 0.3) is 0 Å². The highest BCUT2D eigenvalue weighted by Gasteiger charge is 2.74. The van der Waals surface area contributed by atoms with Crippen LogP contribution in [-0.2, 0) is 42.1 Å². The van der Waals surface area contributed by atoms with Crippen molar-refractivity contribution in [1.29, 1.82) is 0 Å². The van der Waals surface area contributed by atoms with Crippen molar-refractivity contribution in [2.45, 2.75) is 159 Å². The number of fused-ring (bicyclic) bond motifs is 8. The SMILES string of the molecule is CC(=O)OC[C@]12C[C@H]3O[C@]4(O[Si](C)(C)C)[C@@H](O[C@H](C)C[C@@]45N=CCS5)O[C@@H]3C[C@@H]1CC[C@@H]1[C@@H]2CC[C@]2(C)[C@@H](C3=CC(=O)OC3)CC[C@]12O[Si](C)(C)C. The number of carbonyl (C=O) groups excluding carboxylic acids is 2. The second kappa shape index (κ2) is 12.7. The second-order valence-electron chi connectivity index (χ2n) is 19.5. The Kier molecular flexibility index (Phi) is 9.26. The average molecular weight is 776 g/mol. The lowest BCUT2D eigenvalue weighted by Crippen LogP contribution is -2.76. The van der Waals surface area contributed by atoms with Crippen molar-refractivity contribution in [2.75, 3.05) is 19.0 Å². The first-order valence-corrected chi connectivity index (χ1v) is 27.7. The van der Waals surface area contributed by atoms with Crippen molar-refractivity contribution in [2.24, 2.45) is 39.5 Å². The van der Waals surface area contributed by atoms with E-state index in [9.17, 15) is 9.59 Å². The molecule has 52 heavy (non-hydrogen) atoms. The maximum absolute atomic E-state index is 12.7. The van der Waals surface area contributed by atoms with Gasteiger partial charge in [-0.25, -0.2) is 4.79 Å². The fraction of sp³-hybridized carbons (Fsp3) is 0.872. The summed E-state index contributed by atoms with van der Waals surface area (Å²) < 4.78 is 47.7. The Morgan fingerprint density at radius 1 is 0.981 bits per heavy atom. The number of hydrogen-bond acceptors (Lipinski definition) is 11. The Hall–Kier alpha value is -1.07. The maximum atomic E-state index is 12.7. The molecule has 13 heteroatoms. The van der Waals surface area contributed by atoms with E-state index < -0.39 is 33.6 Å². The van der Waals surface area contributed by atoms with Crippen molar-refractivity contribution >= 4 is 46.5 Å². The zero-order chi connectivity index (χ0) is 37.1. The monoisotopic (exact) mass is 775 g/mol. The first-order chi connectivity index (χ1) is 24.3. The largest absolute Gasteiger partial charge is 0.465 e. The molecule has 0 N–H and O–H groups in total. The van der Waals surface area contributed by atoms with Gasteiger partial charge in [0.25, 0.3) is 0 Å². The summed E-state index contributed by atoms with van der Waals surface area (Å²) in [6, 6.07) is 0. The first kappa shape index (κ1) is 37.8. The predicted octanol–water partition coefficient (Wildman–Crippen LogP) is 7.24. The first-order valence-electron chi connectivity index (χ1n) is 19.9. The van der Waals surface area contributed by atoms with Crippen LogP contribution in [-0.4, -0.2) is 94.6 Å². The van der Waals surface area contributed by atoms with Crippen LogP contribution in [0, 0.1) is 34.5 Å². The van der Waals surface area contributed by atoms with E-state index in [4.69, 9.17) is 37.5 Å². The minimum atomic E-state index is -2.21. The van der Waals surface area contributed by atoms with Crippen molar-refractivity contribution in [3.8, 4) is 0 Å². The number of esters is 2. The third kappa shape index (κ3) is 5.82. The molecule has 0 aromatic heterocycles. The molecule has 0 amide bonds. The molecule has 1 spiro atoms. The predicted molar refractivity (Wildman–Crippen MR) is 204 cm³/mol. The standard InChI is InChI=1S/C39H61NO9SSi2/c1-24-20-38(40-16-17-50-38)39(49-52(7,8)9)34(45-24)46-31-19-27-10-11-30-29(36(27,21-32(31)47-39)23-44-25(2)41)12-14-35(3)28(26-18-33(42)43-22-26)13-15-37(30,35)48-51(4,5)6/h16,18,24,27-32,34H,10-15,17,19-23H2,1-9H3/t24-,27+,28-,29+,30-,31-,32-,34+,35-,36-,37+,38+,39+/m1/s1. The molecule has 8 aliphatic rings. The zero-order valence-corrected chi connectivity index (χ0v) is 35.6. The van der Waals surface area contributed by atoms with Gasteiger partial charge >= 0.3 is 11.9 Å². The second-order valence-corrected chi connectivity index (χ2v) is 29.7. The van der Waals surface area contributed by atoms with Crippen molar-refractivity contribution in [1.82, 2.24) is 0 Å². The molecule has 6 fully saturated rings. The Morgan fingerprint density at radius 3 is 2.40 bits per heavy atom. The van der Waals surface area contributed by atoms with E-state index >= 15 is 0 Å². The highest BCUT2D eigenvalue weighted by Crippen LogP contribution is 2.72. The maximum Gasteiger partial charge on any atom is 0.331 e. The lowest BCUT2D eigenvalue weighted by molar-refractivity contribution is -0.440. The number of thioether (sulfide) groups is 1. The highest BCUT2D eigenvalue weighted by atomic mass is 32.2. The molecule has 0 unspecified atom stereocenters. The van der Waals surface area contributed by atoms with Gasteiger partial charge in [0.2, 0.25) is 12.1 Å². The molecule has 13 atom stereocenters. The molecular weight excluding hydrogens is 715 g/mol. The van der Waals surface area contributed by atoms with Crippen LogP contribution in [0.2, 0.25) is 39.3 Å². The van der Waals surface area contributed by atoms with E-state index in [0.29, 0.717) is 25.6 Å². The van der Waals surface area contributed by atoms with Gasteiger partial charge in [-0.3, -0.25) is 9.79 Å². The van der Waals surface area contributed by atoms with Crippen LogP contribution in [0.1, 0.15) is 78.6 Å². The Morgan fingerprint density at radius 2 is 1.75 bits per heavy atom. The van der Waals surface area contributed by atoms with Gasteiger partial charge in [-0.1, -0.05) is 6.92 Å². The number of ether oxygens (including phenoxy) is 5. The fourth-order valence-electron chi connectivity index (χ4n) is 12.7. The zero-order valence-electron chi connectivity index (χ0n) is 32.8. The van der Waals surface area contributed by atoms with Crippen molar-refractivity contribution in [3.05, 3.63) is 11.6 Å². The van der Waals surface area contributed by atoms with Gasteiger partial charge in [0.15, 0.2) is 21.5 Å². The van der Waals surface area contributed by atoms with Gasteiger partial charge in [0.05, 0.1) is 30.5 Å². The summed E-state index contributed by atoms with van der Waals surface area (Å²) in [5.74, 6) is 0.265. The van der Waals surface area contributed by atoms with Crippen LogP contribution in [0.15, 0.2) is 16.6 Å². The smallest absolute Gasteiger partial charge is 0.331 e. The third-order valence-electron chi connectivity index (χ3n) is 14.2. The van der Waals surface area contributed by atoms with E-state index in [1.165, 1.54) is 6.92 Å². The number of nitrogens with zero attached hydrogens (tertiary/aromatic N) is 1. The summed E-state index contributed by atoms with van der Waals surface area (Å²) in [5, 5.41) is 0. The molecule has 2 saturated heterocycles. The van der Waals surface area contributed by atoms with E-state index in [1.807, 2.05) is 6.21 Å². The average Bonchev–Trinajstić information content (AvgIpc) is 3.75. The normalized spacial score (nSPS) is 48.2. The Labute approximate surface area is 316 Å². The van der Waals surface area contributed by atoms with E-state index in [2.05, 4.69) is 53.1 Å². The number of carbonyl (C=O) groups is 2. The lowest BCUT2D eigenvalue weighted by atomic mass is 9.42. The van der Waals surface area contributed by atoms with Gasteiger partial charge in [-0.05, 0) is 127 Å². The van der Waals surface area contributed by atoms with Crippen LogP contribution in [0.5, 0.6) is 0 Å². The molecular formula is C39H61NO9SSi2. The molecule has 0 bridgehead atoms. The summed E-state index contributed by atoms with van der Waals surface area (Å²) >= 11 is 1.79. The number of rotatable bonds is 7. The molecule has 290 valence electrons. The van der Waals surface area contributed by atoms with E-state index in [1.54, 1.807) is 17.8 Å². The molecule has 0 aromatic rings. The van der Waals surface area contributed by atoms with Gasteiger partial charge in [0, 0.05) is 42.2 Å². The van der Waals surface area contributed by atoms with Crippen molar-refractivity contribution < 1.29 is 42.1 Å². The summed E-state index contributed by atoms with van der Waals surface area (Å²) in [5.41, 5.74) is 0.353. The van der Waals surface area contributed by atoms with E-state index in [0.717, 1.165) is 62.7 Å². The number of aliphatic imine (C=N–C) groups is 1. The molecule has 8 rings (SSSR count). The van der Waals surface area contributed by atoms with Crippen LogP contribution >= 0.6 is 11.8 Å². The quantitative estimate of drug-likeness (QED) is 0.149. The van der Waals surface area contributed by atoms with E-state index in [-0.39, 0.29) is 64.4 Å². The fourth-order valence-corrected chi connectivity index (χ4v) is 16.9. The van der Waals surface area contributed by atoms with Crippen LogP contribution in [0.4, 0.5) is 0 Å². The van der Waals surface area contributed by atoms with Crippen molar-refractivity contribution in [3.63, 3.8) is 0 Å². The summed E-state index contributed by atoms with van der Waals surface area (Å²) in [6.45, 7) is 20.4.